The average molecular weight is 334 g/mol. The van der Waals surface area contributed by atoms with E-state index in [9.17, 15) is 18.0 Å². The molecule has 1 aromatic heterocycles. The van der Waals surface area contributed by atoms with E-state index in [1.165, 1.54) is 18.5 Å². The summed E-state index contributed by atoms with van der Waals surface area (Å²) in [4.78, 5) is 19.1. The van der Waals surface area contributed by atoms with E-state index in [1.807, 2.05) is 0 Å². The Morgan fingerprint density at radius 1 is 1.00 bits per heavy atom. The first kappa shape index (κ1) is 17.6. The number of hydrogen-bond donors (Lipinski definition) is 1. The van der Waals surface area contributed by atoms with Gasteiger partial charge in [-0.1, -0.05) is 12.1 Å². The number of hydrogen-bond acceptors (Lipinski definition) is 4. The molecule has 0 radical (unpaired) electrons. The molecule has 1 heterocycles. The molecule has 0 aliphatic rings. The topological polar surface area (TPSA) is 63.1 Å². The Hall–Kier alpha value is -2.80. The van der Waals surface area contributed by atoms with Gasteiger partial charge in [0.1, 0.15) is 12.6 Å². The Kier molecular flexibility index (Phi) is 5.25. The van der Waals surface area contributed by atoms with Gasteiger partial charge < -0.3 is 5.11 Å². The van der Waals surface area contributed by atoms with Crippen molar-refractivity contribution in [2.45, 2.75) is 6.18 Å². The fourth-order valence-corrected chi connectivity index (χ4v) is 2.19. The van der Waals surface area contributed by atoms with Gasteiger partial charge in [-0.2, -0.15) is 13.2 Å². The zero-order valence-corrected chi connectivity index (χ0v) is 12.6. The number of benzene rings is 2. The first-order valence-corrected chi connectivity index (χ1v) is 6.81. The molecule has 0 fully saturated rings. The number of rotatable bonds is 2. The van der Waals surface area contributed by atoms with Crippen LogP contribution in [0.15, 0.2) is 48.8 Å². The van der Waals surface area contributed by atoms with Crippen molar-refractivity contribution in [1.82, 2.24) is 9.97 Å². The molecular weight excluding hydrogens is 321 g/mol. The quantitative estimate of drug-likeness (QED) is 0.725. The third-order valence-corrected chi connectivity index (χ3v) is 3.28. The van der Waals surface area contributed by atoms with Crippen molar-refractivity contribution in [3.63, 3.8) is 0 Å². The van der Waals surface area contributed by atoms with Crippen LogP contribution in [0.3, 0.4) is 0 Å². The van der Waals surface area contributed by atoms with Crippen molar-refractivity contribution in [3.8, 4) is 11.3 Å². The molecule has 2 aromatic carbocycles. The second-order valence-corrected chi connectivity index (χ2v) is 4.69. The molecule has 4 nitrogen and oxygen atoms in total. The van der Waals surface area contributed by atoms with Crippen molar-refractivity contribution in [3.05, 3.63) is 59.9 Å². The number of aromatic nitrogens is 2. The van der Waals surface area contributed by atoms with Gasteiger partial charge in [-0.05, 0) is 30.3 Å². The number of aliphatic hydroxyl groups is 1. The van der Waals surface area contributed by atoms with Crippen molar-refractivity contribution >= 4 is 17.2 Å². The number of alkyl halides is 3. The van der Waals surface area contributed by atoms with E-state index in [2.05, 4.69) is 9.97 Å². The molecule has 24 heavy (non-hydrogen) atoms. The van der Waals surface area contributed by atoms with Gasteiger partial charge >= 0.3 is 6.18 Å². The molecule has 0 saturated heterocycles. The number of aliphatic hydroxyl groups excluding tert-OH is 1. The van der Waals surface area contributed by atoms with Crippen LogP contribution in [-0.4, -0.2) is 28.5 Å². The van der Waals surface area contributed by atoms with Crippen LogP contribution in [0.1, 0.15) is 15.9 Å². The zero-order valence-electron chi connectivity index (χ0n) is 12.6. The first-order valence-electron chi connectivity index (χ1n) is 6.81. The normalized spacial score (nSPS) is 10.9. The number of carbonyl (C=O) groups is 1. The van der Waals surface area contributed by atoms with Gasteiger partial charge in [-0.15, -0.1) is 0 Å². The first-order chi connectivity index (χ1) is 11.5. The van der Waals surface area contributed by atoms with Crippen LogP contribution in [-0.2, 0) is 6.18 Å². The average Bonchev–Trinajstić information content (AvgIpc) is 2.62. The molecular formula is C17H13F3N2O2. The van der Waals surface area contributed by atoms with E-state index < -0.39 is 11.7 Å². The summed E-state index contributed by atoms with van der Waals surface area (Å²) in [6.07, 6.45) is -2.34. The van der Waals surface area contributed by atoms with Crippen molar-refractivity contribution in [2.24, 2.45) is 0 Å². The Morgan fingerprint density at radius 2 is 1.67 bits per heavy atom. The molecule has 3 rings (SSSR count). The molecule has 124 valence electrons. The van der Waals surface area contributed by atoms with Gasteiger partial charge in [0.15, 0.2) is 0 Å². The highest BCUT2D eigenvalue weighted by Crippen LogP contribution is 2.32. The molecule has 0 amide bonds. The summed E-state index contributed by atoms with van der Waals surface area (Å²) in [5.41, 5.74) is 1.38. The number of carbonyl (C=O) groups excluding carboxylic acids is 1. The standard InChI is InChI=1S/C16H9F3N2O.CH4O/c17-16(18,19)12-4-2-11(3-5-12)15-13-7-10(8-22)1-6-14(13)20-9-21-15;1-2/h1-9H;2H,1H3. The summed E-state index contributed by atoms with van der Waals surface area (Å²) >= 11 is 0. The van der Waals surface area contributed by atoms with Gasteiger partial charge in [0.25, 0.3) is 0 Å². The van der Waals surface area contributed by atoms with Crippen molar-refractivity contribution in [2.75, 3.05) is 7.11 Å². The van der Waals surface area contributed by atoms with E-state index in [0.29, 0.717) is 34.0 Å². The fourth-order valence-electron chi connectivity index (χ4n) is 2.19. The van der Waals surface area contributed by atoms with E-state index in [-0.39, 0.29) is 0 Å². The van der Waals surface area contributed by atoms with Crippen LogP contribution in [0.2, 0.25) is 0 Å². The molecule has 0 spiro atoms. The number of halogens is 3. The minimum Gasteiger partial charge on any atom is -0.400 e. The zero-order chi connectivity index (χ0) is 17.7. The third kappa shape index (κ3) is 3.57. The minimum absolute atomic E-state index is 0.454. The highest BCUT2D eigenvalue weighted by atomic mass is 19.4. The highest BCUT2D eigenvalue weighted by Gasteiger charge is 2.30. The van der Waals surface area contributed by atoms with Crippen LogP contribution < -0.4 is 0 Å². The largest absolute Gasteiger partial charge is 0.416 e. The van der Waals surface area contributed by atoms with Gasteiger partial charge in [0.05, 0.1) is 16.8 Å². The lowest BCUT2D eigenvalue weighted by atomic mass is 10.0. The predicted molar refractivity (Wildman–Crippen MR) is 83.5 cm³/mol. The Labute approximate surface area is 135 Å². The molecule has 7 heteroatoms. The second kappa shape index (κ2) is 7.18. The van der Waals surface area contributed by atoms with E-state index in [1.54, 1.807) is 18.2 Å². The summed E-state index contributed by atoms with van der Waals surface area (Å²) in [7, 11) is 1.00. The fraction of sp³-hybridized carbons (Fsp3) is 0.118. The number of nitrogens with zero attached hydrogens (tertiary/aromatic N) is 2. The van der Waals surface area contributed by atoms with E-state index in [4.69, 9.17) is 5.11 Å². The Balaban J connectivity index is 0.00000100. The lowest BCUT2D eigenvalue weighted by Gasteiger charge is -2.09. The molecule has 0 aliphatic heterocycles. The molecule has 0 aliphatic carbocycles. The highest BCUT2D eigenvalue weighted by molar-refractivity contribution is 5.95. The van der Waals surface area contributed by atoms with E-state index >= 15 is 0 Å². The summed E-state index contributed by atoms with van der Waals surface area (Å²) in [5, 5.41) is 7.62. The SMILES string of the molecule is CO.O=Cc1ccc2ncnc(-c3ccc(C(F)(F)F)cc3)c2c1. The maximum Gasteiger partial charge on any atom is 0.416 e. The van der Waals surface area contributed by atoms with Gasteiger partial charge in [0.2, 0.25) is 0 Å². The monoisotopic (exact) mass is 334 g/mol. The summed E-state index contributed by atoms with van der Waals surface area (Å²) in [6, 6.07) is 9.65. The summed E-state index contributed by atoms with van der Waals surface area (Å²) in [6.45, 7) is 0. The van der Waals surface area contributed by atoms with Crippen LogP contribution in [0.5, 0.6) is 0 Å². The van der Waals surface area contributed by atoms with Crippen LogP contribution >= 0.6 is 0 Å². The minimum atomic E-state index is -4.38. The number of fused-ring (bicyclic) bond motifs is 1. The summed E-state index contributed by atoms with van der Waals surface area (Å²) < 4.78 is 37.8. The Morgan fingerprint density at radius 3 is 2.25 bits per heavy atom. The van der Waals surface area contributed by atoms with Crippen LogP contribution in [0, 0.1) is 0 Å². The Bertz CT molecular complexity index is 847. The van der Waals surface area contributed by atoms with Gasteiger partial charge in [-0.3, -0.25) is 4.79 Å². The molecule has 0 bridgehead atoms. The molecule has 3 aromatic rings. The predicted octanol–water partition coefficient (Wildman–Crippen LogP) is 3.74. The van der Waals surface area contributed by atoms with Crippen LogP contribution in [0.25, 0.3) is 22.2 Å². The molecule has 0 unspecified atom stereocenters. The van der Waals surface area contributed by atoms with Gasteiger partial charge in [-0.25, -0.2) is 9.97 Å². The van der Waals surface area contributed by atoms with Crippen molar-refractivity contribution < 1.29 is 23.1 Å². The summed E-state index contributed by atoms with van der Waals surface area (Å²) in [5.74, 6) is 0. The molecule has 1 N–H and O–H groups in total. The maximum atomic E-state index is 12.6. The third-order valence-electron chi connectivity index (χ3n) is 3.28. The maximum absolute atomic E-state index is 12.6. The smallest absolute Gasteiger partial charge is 0.400 e. The van der Waals surface area contributed by atoms with Crippen molar-refractivity contribution in [1.29, 1.82) is 0 Å². The lowest BCUT2D eigenvalue weighted by molar-refractivity contribution is -0.137. The number of aldehydes is 1. The second-order valence-electron chi connectivity index (χ2n) is 4.69. The van der Waals surface area contributed by atoms with Crippen LogP contribution in [0.4, 0.5) is 13.2 Å². The van der Waals surface area contributed by atoms with Gasteiger partial charge in [0, 0.05) is 23.6 Å². The molecule has 0 saturated carbocycles. The lowest BCUT2D eigenvalue weighted by Crippen LogP contribution is -2.04. The van der Waals surface area contributed by atoms with E-state index in [0.717, 1.165) is 19.2 Å². The molecule has 0 atom stereocenters.